The Hall–Kier alpha value is -1.86. The van der Waals surface area contributed by atoms with Crippen molar-refractivity contribution in [2.75, 3.05) is 5.32 Å². The van der Waals surface area contributed by atoms with Gasteiger partial charge >= 0.3 is 5.97 Å². The predicted octanol–water partition coefficient (Wildman–Crippen LogP) is 4.47. The number of anilines is 1. The fraction of sp³-hybridized carbons (Fsp3) is 0. The van der Waals surface area contributed by atoms with Crippen molar-refractivity contribution < 1.29 is 14.7 Å². The van der Waals surface area contributed by atoms with Crippen LogP contribution in [0.2, 0.25) is 15.1 Å². The molecule has 0 atom stereocenters. The number of carbonyl (C=O) groups is 2. The summed E-state index contributed by atoms with van der Waals surface area (Å²) in [5.74, 6) is -1.70. The molecule has 0 unspecified atom stereocenters. The van der Waals surface area contributed by atoms with Crippen molar-refractivity contribution in [2.24, 2.45) is 0 Å². The second kappa shape index (κ2) is 7.81. The van der Waals surface area contributed by atoms with Gasteiger partial charge in [0.1, 0.15) is 0 Å². The number of halogens is 3. The molecule has 124 valence electrons. The molecule has 2 aromatic carbocycles. The molecule has 2 rings (SSSR count). The molecule has 24 heavy (non-hydrogen) atoms. The number of nitrogens with one attached hydrogen (secondary N) is 2. The lowest BCUT2D eigenvalue weighted by Crippen LogP contribution is -2.34. The first kappa shape index (κ1) is 18.5. The number of hydrogen-bond donors (Lipinski definition) is 3. The standard InChI is InChI=1S/C15H9Cl3N2O3S/c16-8-2-4-12(9(6-8)14(22)23)19-15(24)20-13(21)7-1-3-10(17)11(18)5-7/h1-6H,(H,22,23)(H2,19,20,21,24). The van der Waals surface area contributed by atoms with Crippen LogP contribution in [-0.4, -0.2) is 22.1 Å². The maximum atomic E-state index is 12.1. The van der Waals surface area contributed by atoms with Crippen LogP contribution < -0.4 is 10.6 Å². The Labute approximate surface area is 157 Å². The number of aromatic carboxylic acids is 1. The van der Waals surface area contributed by atoms with Gasteiger partial charge in [-0.1, -0.05) is 34.8 Å². The van der Waals surface area contributed by atoms with E-state index in [0.717, 1.165) is 0 Å². The molecule has 0 spiro atoms. The Morgan fingerprint density at radius 3 is 2.33 bits per heavy atom. The Bertz CT molecular complexity index is 843. The number of rotatable bonds is 3. The summed E-state index contributed by atoms with van der Waals surface area (Å²) in [7, 11) is 0. The summed E-state index contributed by atoms with van der Waals surface area (Å²) in [5, 5.41) is 15.0. The van der Waals surface area contributed by atoms with Gasteiger partial charge in [-0.3, -0.25) is 10.1 Å². The number of amides is 1. The Morgan fingerprint density at radius 1 is 1.00 bits per heavy atom. The monoisotopic (exact) mass is 402 g/mol. The minimum Gasteiger partial charge on any atom is -0.478 e. The number of carboxylic acids is 1. The molecule has 0 radical (unpaired) electrons. The normalized spacial score (nSPS) is 10.1. The highest BCUT2D eigenvalue weighted by Gasteiger charge is 2.14. The zero-order valence-electron chi connectivity index (χ0n) is 11.8. The number of benzene rings is 2. The van der Waals surface area contributed by atoms with Crippen LogP contribution in [0.4, 0.5) is 5.69 Å². The highest BCUT2D eigenvalue weighted by atomic mass is 35.5. The molecule has 2 aromatic rings. The number of carboxylic acid groups (broad SMARTS) is 1. The lowest BCUT2D eigenvalue weighted by molar-refractivity contribution is 0.0698. The van der Waals surface area contributed by atoms with Gasteiger partial charge in [0, 0.05) is 10.6 Å². The number of thiocarbonyl (C=S) groups is 1. The molecule has 0 bridgehead atoms. The average Bonchev–Trinajstić information content (AvgIpc) is 2.51. The molecule has 0 aliphatic carbocycles. The van der Waals surface area contributed by atoms with Crippen LogP contribution in [0.1, 0.15) is 20.7 Å². The van der Waals surface area contributed by atoms with Gasteiger partial charge in [-0.05, 0) is 48.6 Å². The Kier molecular flexibility index (Phi) is 6.01. The SMILES string of the molecule is O=C(NC(=S)Nc1ccc(Cl)cc1C(=O)O)c1ccc(Cl)c(Cl)c1. The van der Waals surface area contributed by atoms with E-state index in [0.29, 0.717) is 5.02 Å². The van der Waals surface area contributed by atoms with Crippen molar-refractivity contribution in [1.82, 2.24) is 5.32 Å². The highest BCUT2D eigenvalue weighted by molar-refractivity contribution is 7.80. The molecular weight excluding hydrogens is 395 g/mol. The van der Waals surface area contributed by atoms with Crippen molar-refractivity contribution >= 4 is 69.7 Å². The second-order valence-corrected chi connectivity index (χ2v) is 6.19. The molecular formula is C15H9Cl3N2O3S. The quantitative estimate of drug-likeness (QED) is 0.659. The van der Waals surface area contributed by atoms with Crippen molar-refractivity contribution in [3.8, 4) is 0 Å². The molecule has 0 saturated heterocycles. The first-order chi connectivity index (χ1) is 11.3. The molecule has 1 amide bonds. The van der Waals surface area contributed by atoms with Gasteiger partial charge < -0.3 is 10.4 Å². The van der Waals surface area contributed by atoms with Crippen molar-refractivity contribution in [2.45, 2.75) is 0 Å². The van der Waals surface area contributed by atoms with Crippen molar-refractivity contribution in [3.05, 3.63) is 62.6 Å². The third-order valence-electron chi connectivity index (χ3n) is 2.87. The minimum atomic E-state index is -1.18. The van der Waals surface area contributed by atoms with Crippen LogP contribution in [-0.2, 0) is 0 Å². The first-order valence-corrected chi connectivity index (χ1v) is 7.92. The van der Waals surface area contributed by atoms with Crippen LogP contribution in [0.3, 0.4) is 0 Å². The van der Waals surface area contributed by atoms with E-state index in [-0.39, 0.29) is 32.0 Å². The summed E-state index contributed by atoms with van der Waals surface area (Å²) in [6, 6.07) is 8.58. The predicted molar refractivity (Wildman–Crippen MR) is 98.6 cm³/mol. The molecule has 5 nitrogen and oxygen atoms in total. The van der Waals surface area contributed by atoms with E-state index >= 15 is 0 Å². The van der Waals surface area contributed by atoms with Crippen molar-refractivity contribution in [3.63, 3.8) is 0 Å². The topological polar surface area (TPSA) is 78.4 Å². The van der Waals surface area contributed by atoms with Gasteiger partial charge in [-0.2, -0.15) is 0 Å². The minimum absolute atomic E-state index is 0.0732. The smallest absolute Gasteiger partial charge is 0.337 e. The number of hydrogen-bond acceptors (Lipinski definition) is 3. The molecule has 0 aliphatic heterocycles. The largest absolute Gasteiger partial charge is 0.478 e. The molecule has 0 aliphatic rings. The van der Waals surface area contributed by atoms with Crippen molar-refractivity contribution in [1.29, 1.82) is 0 Å². The van der Waals surface area contributed by atoms with Gasteiger partial charge in [-0.15, -0.1) is 0 Å². The summed E-state index contributed by atoms with van der Waals surface area (Å²) >= 11 is 22.4. The molecule has 0 aromatic heterocycles. The number of carbonyl (C=O) groups excluding carboxylic acids is 1. The molecule has 0 fully saturated rings. The third kappa shape index (κ3) is 4.58. The fourth-order valence-corrected chi connectivity index (χ4v) is 2.44. The van der Waals surface area contributed by atoms with Gasteiger partial charge in [0.25, 0.3) is 5.91 Å². The van der Waals surface area contributed by atoms with Gasteiger partial charge in [0.15, 0.2) is 5.11 Å². The van der Waals surface area contributed by atoms with Gasteiger partial charge in [0.2, 0.25) is 0 Å². The van der Waals surface area contributed by atoms with E-state index < -0.39 is 11.9 Å². The summed E-state index contributed by atoms with van der Waals surface area (Å²) in [6.07, 6.45) is 0. The Morgan fingerprint density at radius 2 is 1.71 bits per heavy atom. The first-order valence-electron chi connectivity index (χ1n) is 6.38. The van der Waals surface area contributed by atoms with E-state index in [1.165, 1.54) is 36.4 Å². The molecule has 9 heteroatoms. The summed E-state index contributed by atoms with van der Waals surface area (Å²) in [5.41, 5.74) is 0.378. The zero-order chi connectivity index (χ0) is 17.9. The van der Waals surface area contributed by atoms with Gasteiger partial charge in [-0.25, -0.2) is 4.79 Å². The van der Waals surface area contributed by atoms with Crippen LogP contribution in [0, 0.1) is 0 Å². The summed E-state index contributed by atoms with van der Waals surface area (Å²) in [6.45, 7) is 0. The highest BCUT2D eigenvalue weighted by Crippen LogP contribution is 2.23. The Balaban J connectivity index is 2.12. The maximum Gasteiger partial charge on any atom is 0.337 e. The average molecular weight is 404 g/mol. The molecule has 0 saturated carbocycles. The fourth-order valence-electron chi connectivity index (χ4n) is 1.77. The van der Waals surface area contributed by atoms with Crippen LogP contribution in [0.15, 0.2) is 36.4 Å². The maximum absolute atomic E-state index is 12.1. The van der Waals surface area contributed by atoms with E-state index in [9.17, 15) is 9.59 Å². The van der Waals surface area contributed by atoms with E-state index in [1.54, 1.807) is 0 Å². The lowest BCUT2D eigenvalue weighted by Gasteiger charge is -2.12. The van der Waals surface area contributed by atoms with Crippen LogP contribution in [0.25, 0.3) is 0 Å². The lowest BCUT2D eigenvalue weighted by atomic mass is 10.2. The van der Waals surface area contributed by atoms with Crippen LogP contribution >= 0.6 is 47.0 Å². The van der Waals surface area contributed by atoms with Crippen LogP contribution in [0.5, 0.6) is 0 Å². The summed E-state index contributed by atoms with van der Waals surface area (Å²) < 4.78 is 0. The zero-order valence-corrected chi connectivity index (χ0v) is 14.9. The van der Waals surface area contributed by atoms with E-state index in [1.807, 2.05) is 0 Å². The van der Waals surface area contributed by atoms with Gasteiger partial charge in [0.05, 0.1) is 21.3 Å². The van der Waals surface area contributed by atoms with E-state index in [2.05, 4.69) is 10.6 Å². The molecule has 0 heterocycles. The molecule has 3 N–H and O–H groups in total. The third-order valence-corrected chi connectivity index (χ3v) is 4.05. The van der Waals surface area contributed by atoms with E-state index in [4.69, 9.17) is 52.1 Å². The second-order valence-electron chi connectivity index (χ2n) is 4.53. The summed E-state index contributed by atoms with van der Waals surface area (Å²) in [4.78, 5) is 23.3.